The van der Waals surface area contributed by atoms with E-state index < -0.39 is 21.7 Å². The molecule has 0 aliphatic heterocycles. The molecule has 0 aromatic heterocycles. The number of nitrogens with one attached hydrogen (secondary N) is 1. The zero-order valence-electron chi connectivity index (χ0n) is 20.3. The van der Waals surface area contributed by atoms with Crippen molar-refractivity contribution >= 4 is 21.4 Å². The molecule has 0 unspecified atom stereocenters. The quantitative estimate of drug-likeness (QED) is 0.337. The van der Waals surface area contributed by atoms with Crippen LogP contribution in [-0.2, 0) is 23.1 Å². The molecule has 3 rings (SSSR count). The first-order chi connectivity index (χ1) is 16.5. The first-order valence-corrected chi connectivity index (χ1v) is 13.0. The van der Waals surface area contributed by atoms with Crippen LogP contribution in [0.3, 0.4) is 0 Å². The molecular weight excluding hydrogens is 470 g/mol. The number of halogens is 2. The van der Waals surface area contributed by atoms with Crippen LogP contribution in [0.4, 0.5) is 20.2 Å². The third kappa shape index (κ3) is 7.82. The molecule has 0 saturated carbocycles. The van der Waals surface area contributed by atoms with E-state index in [0.717, 1.165) is 29.3 Å². The lowest BCUT2D eigenvalue weighted by molar-refractivity contribution is 0.362. The van der Waals surface area contributed by atoms with Gasteiger partial charge in [-0.15, -0.1) is 0 Å². The summed E-state index contributed by atoms with van der Waals surface area (Å²) in [6.07, 6.45) is 3.08. The largest absolute Gasteiger partial charge is 0.490 e. The third-order valence-corrected chi connectivity index (χ3v) is 5.95. The highest BCUT2D eigenvalue weighted by atomic mass is 32.2. The van der Waals surface area contributed by atoms with Gasteiger partial charge in [0.1, 0.15) is 24.0 Å². The second-order valence-electron chi connectivity index (χ2n) is 8.65. The fourth-order valence-corrected chi connectivity index (χ4v) is 4.19. The van der Waals surface area contributed by atoms with Crippen molar-refractivity contribution in [2.75, 3.05) is 22.5 Å². The molecule has 0 radical (unpaired) electrons. The highest BCUT2D eigenvalue weighted by Crippen LogP contribution is 2.30. The average Bonchev–Trinajstić information content (AvgIpc) is 2.76. The maximum atomic E-state index is 14.5. The van der Waals surface area contributed by atoms with Crippen molar-refractivity contribution in [2.45, 2.75) is 33.9 Å². The molecule has 0 saturated heterocycles. The number of nitrogens with zero attached hydrogens (tertiary/aromatic N) is 1. The van der Waals surface area contributed by atoms with Gasteiger partial charge < -0.3 is 9.64 Å². The Morgan fingerprint density at radius 1 is 1.03 bits per heavy atom. The summed E-state index contributed by atoms with van der Waals surface area (Å²) in [6.45, 7) is 6.87. The van der Waals surface area contributed by atoms with Crippen LogP contribution in [0.5, 0.6) is 5.75 Å². The second kappa shape index (κ2) is 11.4. The summed E-state index contributed by atoms with van der Waals surface area (Å²) in [7, 11) is -3.48. The average molecular weight is 501 g/mol. The van der Waals surface area contributed by atoms with Crippen molar-refractivity contribution < 1.29 is 21.9 Å². The van der Waals surface area contributed by atoms with E-state index in [9.17, 15) is 17.2 Å². The van der Waals surface area contributed by atoms with E-state index in [1.807, 2.05) is 55.2 Å². The summed E-state index contributed by atoms with van der Waals surface area (Å²) in [6, 6.07) is 16.4. The molecule has 0 aliphatic rings. The molecule has 0 aliphatic carbocycles. The predicted octanol–water partition coefficient (Wildman–Crippen LogP) is 6.20. The molecule has 0 spiro atoms. The number of rotatable bonds is 10. The van der Waals surface area contributed by atoms with Crippen LogP contribution in [0.1, 0.15) is 30.5 Å². The van der Waals surface area contributed by atoms with Crippen LogP contribution in [0.2, 0.25) is 0 Å². The summed E-state index contributed by atoms with van der Waals surface area (Å²) >= 11 is 0. The van der Waals surface area contributed by atoms with E-state index in [0.29, 0.717) is 30.0 Å². The van der Waals surface area contributed by atoms with Crippen LogP contribution in [0, 0.1) is 18.6 Å². The second-order valence-corrected chi connectivity index (χ2v) is 10.4. The molecule has 186 valence electrons. The van der Waals surface area contributed by atoms with Crippen LogP contribution >= 0.6 is 0 Å². The SMILES string of the molecule is CC(C)=CCOc1ccc(CN(Cc2ccc(F)cc2F)c2cccc(NS(C)(=O)=O)c2C)cc1. The van der Waals surface area contributed by atoms with Crippen molar-refractivity contribution in [2.24, 2.45) is 0 Å². The Bertz CT molecular complexity index is 1300. The van der Waals surface area contributed by atoms with Gasteiger partial charge in [-0.1, -0.05) is 29.8 Å². The molecule has 3 aromatic carbocycles. The Labute approximate surface area is 206 Å². The van der Waals surface area contributed by atoms with Gasteiger partial charge in [-0.3, -0.25) is 4.72 Å². The Balaban J connectivity index is 1.92. The molecule has 1 N–H and O–H groups in total. The number of benzene rings is 3. The molecule has 8 heteroatoms. The topological polar surface area (TPSA) is 58.6 Å². The first-order valence-electron chi connectivity index (χ1n) is 11.1. The lowest BCUT2D eigenvalue weighted by atomic mass is 10.1. The summed E-state index contributed by atoms with van der Waals surface area (Å²) < 4.78 is 59.9. The van der Waals surface area contributed by atoms with Crippen LogP contribution in [-0.4, -0.2) is 21.3 Å². The molecule has 5 nitrogen and oxygen atoms in total. The monoisotopic (exact) mass is 500 g/mol. The van der Waals surface area contributed by atoms with E-state index in [4.69, 9.17) is 4.74 Å². The summed E-state index contributed by atoms with van der Waals surface area (Å²) in [5.41, 5.74) is 4.32. The lowest BCUT2D eigenvalue weighted by Gasteiger charge is -2.28. The minimum atomic E-state index is -3.48. The highest BCUT2D eigenvalue weighted by Gasteiger charge is 2.17. The minimum Gasteiger partial charge on any atom is -0.490 e. The first kappa shape index (κ1) is 26.2. The molecule has 35 heavy (non-hydrogen) atoms. The Kier molecular flexibility index (Phi) is 8.51. The third-order valence-electron chi connectivity index (χ3n) is 5.36. The summed E-state index contributed by atoms with van der Waals surface area (Å²) in [4.78, 5) is 1.93. The lowest BCUT2D eigenvalue weighted by Crippen LogP contribution is -2.24. The Hall–Kier alpha value is -3.39. The van der Waals surface area contributed by atoms with E-state index in [1.165, 1.54) is 17.7 Å². The Morgan fingerprint density at radius 3 is 2.37 bits per heavy atom. The molecule has 3 aromatic rings. The van der Waals surface area contributed by atoms with Crippen LogP contribution < -0.4 is 14.4 Å². The van der Waals surface area contributed by atoms with Crippen molar-refractivity contribution in [1.82, 2.24) is 0 Å². The van der Waals surface area contributed by atoms with Crippen molar-refractivity contribution in [3.05, 3.63) is 101 Å². The van der Waals surface area contributed by atoms with E-state index in [2.05, 4.69) is 4.72 Å². The van der Waals surface area contributed by atoms with Gasteiger partial charge in [0.15, 0.2) is 0 Å². The minimum absolute atomic E-state index is 0.161. The number of sulfonamides is 1. The van der Waals surface area contributed by atoms with Gasteiger partial charge in [0.2, 0.25) is 10.0 Å². The number of hydrogen-bond acceptors (Lipinski definition) is 4. The standard InChI is InChI=1S/C27H30F2N2O3S/c1-19(2)14-15-34-24-12-8-21(9-13-24)17-31(18-22-10-11-23(28)16-25(22)29)27-7-5-6-26(20(27)3)30-35(4,32)33/h5-14,16,30H,15,17-18H2,1-4H3. The van der Waals surface area contributed by atoms with Gasteiger partial charge in [0.25, 0.3) is 0 Å². The van der Waals surface area contributed by atoms with Gasteiger partial charge in [0, 0.05) is 30.4 Å². The molecule has 0 fully saturated rings. The van der Waals surface area contributed by atoms with Crippen LogP contribution in [0.15, 0.2) is 72.3 Å². The van der Waals surface area contributed by atoms with E-state index in [1.54, 1.807) is 19.1 Å². The van der Waals surface area contributed by atoms with Gasteiger partial charge in [-0.05, 0) is 68.3 Å². The molecular formula is C27H30F2N2O3S. The maximum absolute atomic E-state index is 14.5. The highest BCUT2D eigenvalue weighted by molar-refractivity contribution is 7.92. The van der Waals surface area contributed by atoms with Gasteiger partial charge in [-0.25, -0.2) is 17.2 Å². The molecule has 0 heterocycles. The fraction of sp³-hybridized carbons (Fsp3) is 0.259. The number of hydrogen-bond donors (Lipinski definition) is 1. The molecule has 0 atom stereocenters. The number of allylic oxidation sites excluding steroid dienone is 1. The van der Waals surface area contributed by atoms with Gasteiger partial charge >= 0.3 is 0 Å². The summed E-state index contributed by atoms with van der Waals surface area (Å²) in [5.74, 6) is -0.545. The maximum Gasteiger partial charge on any atom is 0.229 e. The van der Waals surface area contributed by atoms with Crippen molar-refractivity contribution in [3.8, 4) is 5.75 Å². The van der Waals surface area contributed by atoms with Crippen molar-refractivity contribution in [1.29, 1.82) is 0 Å². The molecule has 0 bridgehead atoms. The summed E-state index contributed by atoms with van der Waals surface area (Å²) in [5, 5.41) is 0. The van der Waals surface area contributed by atoms with E-state index >= 15 is 0 Å². The normalized spacial score (nSPS) is 11.1. The van der Waals surface area contributed by atoms with Crippen molar-refractivity contribution in [3.63, 3.8) is 0 Å². The number of ether oxygens (including phenoxy) is 1. The van der Waals surface area contributed by atoms with E-state index in [-0.39, 0.29) is 6.54 Å². The van der Waals surface area contributed by atoms with Gasteiger partial charge in [0.05, 0.1) is 11.9 Å². The number of anilines is 2. The zero-order valence-corrected chi connectivity index (χ0v) is 21.1. The van der Waals surface area contributed by atoms with Crippen LogP contribution in [0.25, 0.3) is 0 Å². The molecule has 0 amide bonds. The predicted molar refractivity (Wildman–Crippen MR) is 137 cm³/mol. The smallest absolute Gasteiger partial charge is 0.229 e. The Morgan fingerprint density at radius 2 is 1.74 bits per heavy atom. The zero-order chi connectivity index (χ0) is 25.6. The fourth-order valence-electron chi connectivity index (χ4n) is 3.57. The van der Waals surface area contributed by atoms with Gasteiger partial charge in [-0.2, -0.15) is 0 Å².